The molecule has 1 saturated heterocycles. The van der Waals surface area contributed by atoms with E-state index in [0.717, 1.165) is 43.0 Å². The van der Waals surface area contributed by atoms with Crippen LogP contribution in [0.4, 0.5) is 4.39 Å². The Morgan fingerprint density at radius 1 is 1.36 bits per heavy atom. The first kappa shape index (κ1) is 15.1. The predicted molar refractivity (Wildman–Crippen MR) is 80.5 cm³/mol. The van der Waals surface area contributed by atoms with Gasteiger partial charge in [0.1, 0.15) is 12.4 Å². The number of aromatic amines is 1. The molecule has 6 heteroatoms. The Bertz CT molecular complexity index is 616. The van der Waals surface area contributed by atoms with Crippen LogP contribution in [0.15, 0.2) is 24.3 Å². The summed E-state index contributed by atoms with van der Waals surface area (Å²) in [4.78, 5) is 6.78. The molecule has 0 saturated carbocycles. The van der Waals surface area contributed by atoms with Crippen LogP contribution in [0, 0.1) is 5.82 Å². The maximum Gasteiger partial charge on any atom is 0.167 e. The van der Waals surface area contributed by atoms with Crippen LogP contribution >= 0.6 is 0 Å². The lowest BCUT2D eigenvalue weighted by Crippen LogP contribution is -2.33. The van der Waals surface area contributed by atoms with E-state index >= 15 is 0 Å². The molecule has 1 fully saturated rings. The molecular weight excluding hydrogens is 283 g/mol. The Labute approximate surface area is 129 Å². The van der Waals surface area contributed by atoms with Crippen molar-refractivity contribution in [3.8, 4) is 0 Å². The zero-order valence-corrected chi connectivity index (χ0v) is 12.8. The number of nitrogens with one attached hydrogen (secondary N) is 1. The smallest absolute Gasteiger partial charge is 0.167 e. The molecule has 0 aliphatic carbocycles. The van der Waals surface area contributed by atoms with E-state index in [-0.39, 0.29) is 11.9 Å². The van der Waals surface area contributed by atoms with E-state index in [0.29, 0.717) is 13.2 Å². The lowest BCUT2D eigenvalue weighted by molar-refractivity contribution is 0.132. The molecule has 22 heavy (non-hydrogen) atoms. The van der Waals surface area contributed by atoms with Gasteiger partial charge in [-0.1, -0.05) is 24.6 Å². The van der Waals surface area contributed by atoms with Crippen LogP contribution in [0.5, 0.6) is 0 Å². The number of halogens is 1. The highest BCUT2D eigenvalue weighted by molar-refractivity contribution is 5.17. The fourth-order valence-corrected chi connectivity index (χ4v) is 2.98. The van der Waals surface area contributed by atoms with Crippen molar-refractivity contribution in [2.45, 2.75) is 38.5 Å². The quantitative estimate of drug-likeness (QED) is 0.923. The monoisotopic (exact) mass is 304 g/mol. The zero-order valence-electron chi connectivity index (χ0n) is 12.8. The number of hydrogen-bond acceptors (Lipinski definition) is 4. The average molecular weight is 304 g/mol. The standard InChI is InChI=1S/C16H21FN4O/c1-22-11-15-18-16(20-19-15)14-8-4-5-9-21(14)10-12-6-2-3-7-13(12)17/h2-3,6-7,14H,4-5,8-11H2,1H3,(H,18,19,20)/t14-/m0/s1. The van der Waals surface area contributed by atoms with Gasteiger partial charge < -0.3 is 4.74 Å². The Kier molecular flexibility index (Phi) is 4.80. The largest absolute Gasteiger partial charge is 0.377 e. The van der Waals surface area contributed by atoms with Gasteiger partial charge in [0.2, 0.25) is 0 Å². The van der Waals surface area contributed by atoms with Gasteiger partial charge in [-0.15, -0.1) is 0 Å². The first-order valence-electron chi connectivity index (χ1n) is 7.65. The molecule has 0 unspecified atom stereocenters. The molecule has 2 heterocycles. The fraction of sp³-hybridized carbons (Fsp3) is 0.500. The summed E-state index contributed by atoms with van der Waals surface area (Å²) < 4.78 is 19.0. The lowest BCUT2D eigenvalue weighted by atomic mass is 10.0. The van der Waals surface area contributed by atoms with Crippen LogP contribution in [-0.4, -0.2) is 33.7 Å². The van der Waals surface area contributed by atoms with Crippen molar-refractivity contribution < 1.29 is 9.13 Å². The number of benzene rings is 1. The number of likely N-dealkylation sites (tertiary alicyclic amines) is 1. The number of H-pyrrole nitrogens is 1. The SMILES string of the molecule is COCc1nc([C@@H]2CCCCN2Cc2ccccc2F)n[nH]1. The summed E-state index contributed by atoms with van der Waals surface area (Å²) in [5, 5.41) is 7.23. The average Bonchev–Trinajstić information content (AvgIpc) is 2.99. The number of aromatic nitrogens is 3. The van der Waals surface area contributed by atoms with Crippen molar-refractivity contribution >= 4 is 0 Å². The molecule has 0 spiro atoms. The highest BCUT2D eigenvalue weighted by Gasteiger charge is 2.27. The first-order valence-corrected chi connectivity index (χ1v) is 7.65. The van der Waals surface area contributed by atoms with Crippen molar-refractivity contribution in [2.24, 2.45) is 0 Å². The van der Waals surface area contributed by atoms with Crippen molar-refractivity contribution in [3.05, 3.63) is 47.3 Å². The molecule has 0 bridgehead atoms. The zero-order chi connectivity index (χ0) is 15.4. The van der Waals surface area contributed by atoms with E-state index in [4.69, 9.17) is 4.74 Å². The van der Waals surface area contributed by atoms with Crippen molar-refractivity contribution in [1.82, 2.24) is 20.1 Å². The minimum absolute atomic E-state index is 0.134. The first-order chi connectivity index (χ1) is 10.8. The van der Waals surface area contributed by atoms with E-state index in [9.17, 15) is 4.39 Å². The summed E-state index contributed by atoms with van der Waals surface area (Å²) in [6.45, 7) is 1.95. The summed E-state index contributed by atoms with van der Waals surface area (Å²) in [6, 6.07) is 7.09. The van der Waals surface area contributed by atoms with Crippen LogP contribution in [0.25, 0.3) is 0 Å². The number of hydrogen-bond donors (Lipinski definition) is 1. The third-order valence-electron chi connectivity index (χ3n) is 4.07. The summed E-state index contributed by atoms with van der Waals surface area (Å²) in [5.41, 5.74) is 0.724. The maximum absolute atomic E-state index is 13.9. The van der Waals surface area contributed by atoms with Gasteiger partial charge in [0.05, 0.1) is 6.04 Å². The van der Waals surface area contributed by atoms with Crippen molar-refractivity contribution in [2.75, 3.05) is 13.7 Å². The molecule has 1 aliphatic heterocycles. The van der Waals surface area contributed by atoms with Gasteiger partial charge in [-0.25, -0.2) is 9.37 Å². The molecule has 0 radical (unpaired) electrons. The lowest BCUT2D eigenvalue weighted by Gasteiger charge is -2.34. The van der Waals surface area contributed by atoms with Gasteiger partial charge in [-0.05, 0) is 25.5 Å². The van der Waals surface area contributed by atoms with E-state index in [1.165, 1.54) is 6.07 Å². The molecule has 1 N–H and O–H groups in total. The highest BCUT2D eigenvalue weighted by Crippen LogP contribution is 2.30. The van der Waals surface area contributed by atoms with Gasteiger partial charge >= 0.3 is 0 Å². The Balaban J connectivity index is 1.77. The Morgan fingerprint density at radius 2 is 2.23 bits per heavy atom. The number of methoxy groups -OCH3 is 1. The third kappa shape index (κ3) is 3.34. The minimum Gasteiger partial charge on any atom is -0.377 e. The topological polar surface area (TPSA) is 54.0 Å². The van der Waals surface area contributed by atoms with E-state index in [1.807, 2.05) is 12.1 Å². The Morgan fingerprint density at radius 3 is 3.05 bits per heavy atom. The van der Waals surface area contributed by atoms with Crippen LogP contribution in [-0.2, 0) is 17.9 Å². The van der Waals surface area contributed by atoms with Gasteiger partial charge in [-0.3, -0.25) is 10.00 Å². The molecular formula is C16H21FN4O. The number of nitrogens with zero attached hydrogens (tertiary/aromatic N) is 3. The maximum atomic E-state index is 13.9. The second kappa shape index (κ2) is 6.98. The number of rotatable bonds is 5. The van der Waals surface area contributed by atoms with Crippen LogP contribution in [0.2, 0.25) is 0 Å². The normalized spacial score (nSPS) is 19.5. The fourth-order valence-electron chi connectivity index (χ4n) is 2.98. The van der Waals surface area contributed by atoms with Gasteiger partial charge in [-0.2, -0.15) is 5.10 Å². The molecule has 1 aromatic carbocycles. The highest BCUT2D eigenvalue weighted by atomic mass is 19.1. The second-order valence-corrected chi connectivity index (χ2v) is 5.65. The van der Waals surface area contributed by atoms with Crippen LogP contribution in [0.3, 0.4) is 0 Å². The second-order valence-electron chi connectivity index (χ2n) is 5.65. The van der Waals surface area contributed by atoms with E-state index < -0.39 is 0 Å². The summed E-state index contributed by atoms with van der Waals surface area (Å²) in [7, 11) is 1.63. The number of ether oxygens (including phenoxy) is 1. The van der Waals surface area contributed by atoms with Gasteiger partial charge in [0.25, 0.3) is 0 Å². The molecule has 0 amide bonds. The third-order valence-corrected chi connectivity index (χ3v) is 4.07. The summed E-state index contributed by atoms with van der Waals surface area (Å²) in [5.74, 6) is 1.36. The van der Waals surface area contributed by atoms with E-state index in [2.05, 4.69) is 20.1 Å². The minimum atomic E-state index is -0.151. The van der Waals surface area contributed by atoms with Crippen LogP contribution < -0.4 is 0 Å². The van der Waals surface area contributed by atoms with Crippen molar-refractivity contribution in [1.29, 1.82) is 0 Å². The van der Waals surface area contributed by atoms with E-state index in [1.54, 1.807) is 13.2 Å². The molecule has 3 rings (SSSR count). The molecule has 1 aromatic heterocycles. The summed E-state index contributed by atoms with van der Waals surface area (Å²) >= 11 is 0. The number of piperidine rings is 1. The molecule has 1 atom stereocenters. The predicted octanol–water partition coefficient (Wildman–Crippen LogP) is 2.82. The molecule has 2 aromatic rings. The van der Waals surface area contributed by atoms with Gasteiger partial charge in [0, 0.05) is 19.2 Å². The molecule has 1 aliphatic rings. The van der Waals surface area contributed by atoms with Crippen molar-refractivity contribution in [3.63, 3.8) is 0 Å². The summed E-state index contributed by atoms with van der Waals surface area (Å²) in [6.07, 6.45) is 3.27. The molecule has 5 nitrogen and oxygen atoms in total. The Hall–Kier alpha value is -1.79. The molecule has 118 valence electrons. The van der Waals surface area contributed by atoms with Gasteiger partial charge in [0.15, 0.2) is 11.6 Å². The van der Waals surface area contributed by atoms with Crippen LogP contribution in [0.1, 0.15) is 42.5 Å².